The van der Waals surface area contributed by atoms with Crippen LogP contribution in [-0.2, 0) is 11.3 Å². The monoisotopic (exact) mass is 389 g/mol. The largest absolute Gasteiger partial charge is 0.457 e. The molecule has 0 saturated carbocycles. The second-order valence-corrected chi connectivity index (χ2v) is 5.30. The smallest absolute Gasteiger partial charge is 0.341 e. The maximum atomic E-state index is 13.5. The number of rotatable bonds is 3. The van der Waals surface area contributed by atoms with Gasteiger partial charge < -0.3 is 10.5 Å². The summed E-state index contributed by atoms with van der Waals surface area (Å²) < 4.78 is 32.5. The molecule has 0 unspecified atom stereocenters. The van der Waals surface area contributed by atoms with Crippen molar-refractivity contribution >= 4 is 34.2 Å². The van der Waals surface area contributed by atoms with Gasteiger partial charge in [-0.2, -0.15) is 0 Å². The Balaban J connectivity index is 2.09. The van der Waals surface area contributed by atoms with Crippen molar-refractivity contribution in [2.75, 3.05) is 5.73 Å². The molecule has 2 aromatic rings. The van der Waals surface area contributed by atoms with Gasteiger partial charge in [0.2, 0.25) is 0 Å². The van der Waals surface area contributed by atoms with Crippen molar-refractivity contribution in [3.8, 4) is 0 Å². The van der Waals surface area contributed by atoms with Crippen LogP contribution >= 0.6 is 22.6 Å². The molecule has 0 aliphatic rings. The van der Waals surface area contributed by atoms with E-state index >= 15 is 0 Å². The Morgan fingerprint density at radius 3 is 2.45 bits per heavy atom. The molecule has 0 spiro atoms. The summed E-state index contributed by atoms with van der Waals surface area (Å²) in [5.41, 5.74) is 5.39. The Hall–Kier alpha value is -1.70. The van der Waals surface area contributed by atoms with Gasteiger partial charge in [0.05, 0.1) is 11.3 Å². The van der Waals surface area contributed by atoms with Gasteiger partial charge in [0.1, 0.15) is 18.2 Å². The van der Waals surface area contributed by atoms with Gasteiger partial charge in [0.25, 0.3) is 0 Å². The molecular formula is C14H10F2INO2. The first-order valence-corrected chi connectivity index (χ1v) is 6.71. The Morgan fingerprint density at radius 2 is 1.80 bits per heavy atom. The third kappa shape index (κ3) is 3.44. The van der Waals surface area contributed by atoms with E-state index in [1.807, 2.05) is 12.1 Å². The minimum atomic E-state index is -0.996. The number of anilines is 1. The molecule has 0 amide bonds. The summed E-state index contributed by atoms with van der Waals surface area (Å²) in [6, 6.07) is 8.81. The Kier molecular flexibility index (Phi) is 4.53. The van der Waals surface area contributed by atoms with Crippen LogP contribution in [0, 0.1) is 15.2 Å². The minimum Gasteiger partial charge on any atom is -0.457 e. The van der Waals surface area contributed by atoms with Crippen molar-refractivity contribution in [2.45, 2.75) is 6.61 Å². The first-order chi connectivity index (χ1) is 9.47. The lowest BCUT2D eigenvalue weighted by atomic mass is 10.2. The van der Waals surface area contributed by atoms with Crippen LogP contribution in [0.15, 0.2) is 36.4 Å². The molecule has 2 aromatic carbocycles. The maximum Gasteiger partial charge on any atom is 0.341 e. The number of benzene rings is 2. The fraction of sp³-hybridized carbons (Fsp3) is 0.0714. The topological polar surface area (TPSA) is 52.3 Å². The van der Waals surface area contributed by atoms with E-state index in [4.69, 9.17) is 10.5 Å². The minimum absolute atomic E-state index is 0.00642. The summed E-state index contributed by atoms with van der Waals surface area (Å²) in [7, 11) is 0. The molecule has 2 N–H and O–H groups in total. The summed E-state index contributed by atoms with van der Waals surface area (Å²) in [4.78, 5) is 11.7. The van der Waals surface area contributed by atoms with Crippen molar-refractivity contribution in [3.63, 3.8) is 0 Å². The summed E-state index contributed by atoms with van der Waals surface area (Å²) in [5.74, 6) is -2.78. The zero-order valence-corrected chi connectivity index (χ0v) is 12.4. The fourth-order valence-electron chi connectivity index (χ4n) is 1.53. The van der Waals surface area contributed by atoms with Gasteiger partial charge in [0.15, 0.2) is 0 Å². The zero-order chi connectivity index (χ0) is 14.7. The van der Waals surface area contributed by atoms with Crippen LogP contribution in [0.2, 0.25) is 0 Å². The molecule has 20 heavy (non-hydrogen) atoms. The number of hydrogen-bond donors (Lipinski definition) is 1. The van der Waals surface area contributed by atoms with Crippen LogP contribution in [0.25, 0.3) is 0 Å². The van der Waals surface area contributed by atoms with E-state index in [2.05, 4.69) is 22.6 Å². The fourth-order valence-corrected chi connectivity index (χ4v) is 1.89. The predicted octanol–water partition coefficient (Wildman–Crippen LogP) is 3.51. The molecule has 0 heterocycles. The number of ether oxygens (including phenoxy) is 1. The zero-order valence-electron chi connectivity index (χ0n) is 10.2. The van der Waals surface area contributed by atoms with E-state index in [9.17, 15) is 13.6 Å². The number of carbonyl (C=O) groups is 1. The Labute approximate surface area is 127 Å². The number of esters is 1. The number of carbonyl (C=O) groups excluding carboxylic acids is 1. The highest BCUT2D eigenvalue weighted by Crippen LogP contribution is 2.18. The second kappa shape index (κ2) is 6.17. The quantitative estimate of drug-likeness (QED) is 0.497. The SMILES string of the molecule is Nc1cc(C(=O)OCc2ccc(I)cc2)c(F)cc1F. The molecular weight excluding hydrogens is 379 g/mol. The highest BCUT2D eigenvalue weighted by molar-refractivity contribution is 14.1. The molecule has 3 nitrogen and oxygen atoms in total. The summed E-state index contributed by atoms with van der Waals surface area (Å²) in [6.07, 6.45) is 0. The molecule has 6 heteroatoms. The van der Waals surface area contributed by atoms with E-state index < -0.39 is 17.6 Å². The molecule has 0 saturated heterocycles. The average Bonchev–Trinajstić information content (AvgIpc) is 2.42. The lowest BCUT2D eigenvalue weighted by Crippen LogP contribution is -2.09. The highest BCUT2D eigenvalue weighted by atomic mass is 127. The van der Waals surface area contributed by atoms with Crippen molar-refractivity contribution < 1.29 is 18.3 Å². The van der Waals surface area contributed by atoms with Gasteiger partial charge in [-0.05, 0) is 46.4 Å². The van der Waals surface area contributed by atoms with E-state index in [1.54, 1.807) is 12.1 Å². The van der Waals surface area contributed by atoms with Crippen molar-refractivity contribution in [3.05, 3.63) is 62.7 Å². The van der Waals surface area contributed by atoms with Gasteiger partial charge in [-0.1, -0.05) is 12.1 Å². The molecule has 0 atom stereocenters. The van der Waals surface area contributed by atoms with Crippen LogP contribution in [0.3, 0.4) is 0 Å². The first-order valence-electron chi connectivity index (χ1n) is 5.63. The van der Waals surface area contributed by atoms with Gasteiger partial charge in [0, 0.05) is 9.64 Å². The summed E-state index contributed by atoms with van der Waals surface area (Å²) in [5, 5.41) is 0. The number of nitrogen functional groups attached to an aromatic ring is 1. The average molecular weight is 389 g/mol. The van der Waals surface area contributed by atoms with Gasteiger partial charge in [-0.15, -0.1) is 0 Å². The lowest BCUT2D eigenvalue weighted by molar-refractivity contribution is 0.0467. The third-order valence-electron chi connectivity index (χ3n) is 2.59. The molecule has 0 aliphatic carbocycles. The standard InChI is InChI=1S/C14H10F2INO2/c15-11-6-12(16)13(18)5-10(11)14(19)20-7-8-1-3-9(17)4-2-8/h1-6H,7,18H2. The van der Waals surface area contributed by atoms with E-state index in [0.717, 1.165) is 15.2 Å². The Morgan fingerprint density at radius 1 is 1.15 bits per heavy atom. The molecule has 0 aromatic heterocycles. The van der Waals surface area contributed by atoms with Gasteiger partial charge in [-0.3, -0.25) is 0 Å². The molecule has 0 aliphatic heterocycles. The Bertz CT molecular complexity index is 644. The van der Waals surface area contributed by atoms with Crippen molar-refractivity contribution in [1.29, 1.82) is 0 Å². The van der Waals surface area contributed by atoms with Crippen LogP contribution < -0.4 is 5.73 Å². The number of hydrogen-bond acceptors (Lipinski definition) is 3. The predicted molar refractivity (Wildman–Crippen MR) is 79.0 cm³/mol. The van der Waals surface area contributed by atoms with Crippen molar-refractivity contribution in [1.82, 2.24) is 0 Å². The van der Waals surface area contributed by atoms with E-state index in [-0.39, 0.29) is 17.9 Å². The molecule has 2 rings (SSSR count). The molecule has 0 fully saturated rings. The third-order valence-corrected chi connectivity index (χ3v) is 3.31. The second-order valence-electron chi connectivity index (χ2n) is 4.06. The maximum absolute atomic E-state index is 13.5. The first kappa shape index (κ1) is 14.7. The number of halogens is 3. The molecule has 104 valence electrons. The van der Waals surface area contributed by atoms with Crippen LogP contribution in [0.5, 0.6) is 0 Å². The van der Waals surface area contributed by atoms with E-state index in [1.165, 1.54) is 0 Å². The van der Waals surface area contributed by atoms with Crippen molar-refractivity contribution in [2.24, 2.45) is 0 Å². The van der Waals surface area contributed by atoms with Gasteiger partial charge >= 0.3 is 5.97 Å². The van der Waals surface area contributed by atoms with Crippen LogP contribution in [0.4, 0.5) is 14.5 Å². The highest BCUT2D eigenvalue weighted by Gasteiger charge is 2.16. The van der Waals surface area contributed by atoms with Gasteiger partial charge in [-0.25, -0.2) is 13.6 Å². The summed E-state index contributed by atoms with van der Waals surface area (Å²) in [6.45, 7) is 0.00642. The van der Waals surface area contributed by atoms with Crippen LogP contribution in [0.1, 0.15) is 15.9 Å². The van der Waals surface area contributed by atoms with Crippen LogP contribution in [-0.4, -0.2) is 5.97 Å². The lowest BCUT2D eigenvalue weighted by Gasteiger charge is -2.07. The normalized spacial score (nSPS) is 10.3. The van der Waals surface area contributed by atoms with E-state index in [0.29, 0.717) is 6.07 Å². The number of nitrogens with two attached hydrogens (primary N) is 1. The molecule has 0 bridgehead atoms. The summed E-state index contributed by atoms with van der Waals surface area (Å²) >= 11 is 2.15. The molecule has 0 radical (unpaired) electrons.